The zero-order valence-corrected chi connectivity index (χ0v) is 26.5. The van der Waals surface area contributed by atoms with E-state index in [0.717, 1.165) is 51.4 Å². The van der Waals surface area contributed by atoms with Gasteiger partial charge in [0, 0.05) is 6.42 Å². The molecule has 0 heterocycles. The van der Waals surface area contributed by atoms with Gasteiger partial charge in [-0.3, -0.25) is 4.79 Å². The molecule has 0 aliphatic heterocycles. The maximum Gasteiger partial charge on any atom is 0.221 e. The van der Waals surface area contributed by atoms with Gasteiger partial charge in [0.05, 0.1) is 12.7 Å². The average Bonchev–Trinajstić information content (AvgIpc) is 2.95. The molecule has 0 aromatic carbocycles. The Labute approximate surface area is 248 Å². The van der Waals surface area contributed by atoms with Crippen molar-refractivity contribution >= 4 is 5.91 Å². The van der Waals surface area contributed by atoms with Crippen LogP contribution in [0.25, 0.3) is 0 Å². The van der Waals surface area contributed by atoms with Gasteiger partial charge in [-0.2, -0.15) is 0 Å². The Kier molecular flexibility index (Phi) is 27.5. The van der Waals surface area contributed by atoms with Crippen molar-refractivity contribution in [3.8, 4) is 0 Å². The summed E-state index contributed by atoms with van der Waals surface area (Å²) in [5.41, 5.74) is 4.40. The second-order valence-electron chi connectivity index (χ2n) is 12.1. The Bertz CT molecular complexity index is 586. The summed E-state index contributed by atoms with van der Waals surface area (Å²) in [6, 6.07) is 0. The predicted molar refractivity (Wildman–Crippen MR) is 170 cm³/mol. The highest BCUT2D eigenvalue weighted by Crippen LogP contribution is 2.17. The fraction of sp³-hybridized carbons (Fsp3) is 0.912. The minimum absolute atomic E-state index is 0.292. The molecule has 0 aromatic rings. The lowest BCUT2D eigenvalue weighted by Gasteiger charge is -2.36. The molecule has 0 aliphatic carbocycles. The van der Waals surface area contributed by atoms with Gasteiger partial charge in [-0.05, 0) is 38.5 Å². The largest absolute Gasteiger partial charge is 0.392 e. The summed E-state index contributed by atoms with van der Waals surface area (Å²) in [6.45, 7) is 3.86. The number of hydrogen-bond donors (Lipinski definition) is 5. The van der Waals surface area contributed by atoms with Crippen LogP contribution in [-0.2, 0) is 4.79 Å². The smallest absolute Gasteiger partial charge is 0.221 e. The third-order valence-corrected chi connectivity index (χ3v) is 8.05. The van der Waals surface area contributed by atoms with Crippen LogP contribution in [0.2, 0.25) is 0 Å². The normalized spacial score (nSPS) is 14.8. The van der Waals surface area contributed by atoms with Gasteiger partial charge in [-0.15, -0.1) is 0 Å². The fourth-order valence-corrected chi connectivity index (χ4v) is 5.23. The van der Waals surface area contributed by atoms with Crippen LogP contribution in [0.5, 0.6) is 0 Å². The highest BCUT2D eigenvalue weighted by molar-refractivity contribution is 5.76. The van der Waals surface area contributed by atoms with Crippen LogP contribution < -0.4 is 11.1 Å². The number of unbranched alkanes of at least 4 members (excludes halogenated alkanes) is 20. The molecule has 0 saturated carbocycles. The standard InChI is InChI=1S/C34H68N2O4/c1-3-5-7-9-11-13-15-17-19-21-23-25-27-29-32(39)36-34(35,30-37)33(40)31(38)28-26-24-22-20-18-16-14-12-10-8-6-4-2/h13,15,31,33,37-38,40H,3-12,14,16-30,35H2,1-2H3,(H,36,39)/b15-13-/t31-,33-,34+/m1/s1. The van der Waals surface area contributed by atoms with E-state index in [1.54, 1.807) is 0 Å². The van der Waals surface area contributed by atoms with Gasteiger partial charge in [-0.1, -0.05) is 142 Å². The maximum atomic E-state index is 12.4. The van der Waals surface area contributed by atoms with Gasteiger partial charge in [-0.25, -0.2) is 0 Å². The van der Waals surface area contributed by atoms with Crippen molar-refractivity contribution in [1.82, 2.24) is 5.32 Å². The van der Waals surface area contributed by atoms with E-state index in [9.17, 15) is 20.1 Å². The first-order valence-electron chi connectivity index (χ1n) is 17.1. The molecule has 238 valence electrons. The van der Waals surface area contributed by atoms with Crippen molar-refractivity contribution < 1.29 is 20.1 Å². The Morgan fingerprint density at radius 1 is 0.675 bits per heavy atom. The molecule has 6 heteroatoms. The Morgan fingerprint density at radius 2 is 1.07 bits per heavy atom. The number of allylic oxidation sites excluding steroid dienone is 2. The van der Waals surface area contributed by atoms with E-state index < -0.39 is 24.5 Å². The summed E-state index contributed by atoms with van der Waals surface area (Å²) in [4.78, 5) is 12.4. The Hall–Kier alpha value is -0.950. The number of rotatable bonds is 30. The lowest BCUT2D eigenvalue weighted by molar-refractivity contribution is -0.128. The number of carbonyl (C=O) groups is 1. The van der Waals surface area contributed by atoms with Crippen LogP contribution in [0.4, 0.5) is 0 Å². The van der Waals surface area contributed by atoms with Gasteiger partial charge in [0.25, 0.3) is 0 Å². The first-order valence-corrected chi connectivity index (χ1v) is 17.1. The molecule has 1 amide bonds. The molecule has 0 spiro atoms. The second-order valence-corrected chi connectivity index (χ2v) is 12.1. The van der Waals surface area contributed by atoms with Crippen molar-refractivity contribution in [1.29, 1.82) is 0 Å². The van der Waals surface area contributed by atoms with E-state index in [2.05, 4.69) is 31.3 Å². The highest BCUT2D eigenvalue weighted by atomic mass is 16.3. The predicted octanol–water partition coefficient (Wildman–Crippen LogP) is 7.82. The second kappa shape index (κ2) is 28.2. The molecule has 40 heavy (non-hydrogen) atoms. The van der Waals surface area contributed by atoms with Gasteiger partial charge < -0.3 is 26.4 Å². The molecule has 0 radical (unpaired) electrons. The van der Waals surface area contributed by atoms with Crippen molar-refractivity contribution in [2.45, 2.75) is 192 Å². The maximum absolute atomic E-state index is 12.4. The fourth-order valence-electron chi connectivity index (χ4n) is 5.23. The number of aliphatic hydroxyl groups excluding tert-OH is 3. The molecular formula is C34H68N2O4. The summed E-state index contributed by atoms with van der Waals surface area (Å²) in [5.74, 6) is -0.292. The lowest BCUT2D eigenvalue weighted by atomic mass is 9.95. The molecule has 0 saturated heterocycles. The summed E-state index contributed by atoms with van der Waals surface area (Å²) in [7, 11) is 0. The van der Waals surface area contributed by atoms with Gasteiger partial charge >= 0.3 is 0 Å². The van der Waals surface area contributed by atoms with Crippen LogP contribution in [0, 0.1) is 0 Å². The number of amides is 1. The van der Waals surface area contributed by atoms with Crippen LogP contribution >= 0.6 is 0 Å². The molecule has 0 rings (SSSR count). The zero-order chi connectivity index (χ0) is 29.7. The summed E-state index contributed by atoms with van der Waals surface area (Å²) in [6.07, 6.45) is 30.3. The van der Waals surface area contributed by atoms with Crippen LogP contribution in [0.15, 0.2) is 12.2 Å². The molecule has 3 atom stereocenters. The number of hydrogen-bond acceptors (Lipinski definition) is 5. The zero-order valence-electron chi connectivity index (χ0n) is 26.5. The van der Waals surface area contributed by atoms with Gasteiger partial charge in [0.2, 0.25) is 5.91 Å². The van der Waals surface area contributed by atoms with Crippen LogP contribution in [0.3, 0.4) is 0 Å². The molecule has 0 fully saturated rings. The van der Waals surface area contributed by atoms with Crippen LogP contribution in [-0.4, -0.2) is 45.7 Å². The number of aliphatic hydroxyl groups is 3. The Morgan fingerprint density at radius 3 is 1.55 bits per heavy atom. The molecule has 6 N–H and O–H groups in total. The summed E-state index contributed by atoms with van der Waals surface area (Å²) in [5, 5.41) is 33.4. The quantitative estimate of drug-likeness (QED) is 0.0344. The van der Waals surface area contributed by atoms with Crippen LogP contribution in [0.1, 0.15) is 174 Å². The molecule has 0 aromatic heterocycles. The van der Waals surface area contributed by atoms with E-state index in [1.165, 1.54) is 96.3 Å². The third-order valence-electron chi connectivity index (χ3n) is 8.05. The van der Waals surface area contributed by atoms with E-state index in [0.29, 0.717) is 12.8 Å². The minimum atomic E-state index is -1.73. The van der Waals surface area contributed by atoms with Gasteiger partial charge in [0.1, 0.15) is 11.8 Å². The minimum Gasteiger partial charge on any atom is -0.392 e. The molecule has 0 unspecified atom stereocenters. The lowest BCUT2D eigenvalue weighted by Crippen LogP contribution is -2.68. The van der Waals surface area contributed by atoms with E-state index in [-0.39, 0.29) is 5.91 Å². The average molecular weight is 569 g/mol. The van der Waals surface area contributed by atoms with E-state index in [1.807, 2.05) is 0 Å². The van der Waals surface area contributed by atoms with E-state index in [4.69, 9.17) is 5.73 Å². The summed E-state index contributed by atoms with van der Waals surface area (Å²) >= 11 is 0. The van der Waals surface area contributed by atoms with Crippen molar-refractivity contribution in [2.75, 3.05) is 6.61 Å². The Balaban J connectivity index is 3.90. The SMILES string of the molecule is CCCCCC/C=C\CCCCCCCC(=O)N[C@@](N)(CO)[C@H](O)[C@H](O)CCCCCCCCCCCCCC. The molecule has 6 nitrogen and oxygen atoms in total. The first kappa shape index (κ1) is 39.0. The number of carbonyl (C=O) groups excluding carboxylic acids is 1. The van der Waals surface area contributed by atoms with E-state index >= 15 is 0 Å². The summed E-state index contributed by atoms with van der Waals surface area (Å²) < 4.78 is 0. The third kappa shape index (κ3) is 22.7. The molecule has 0 bridgehead atoms. The topological polar surface area (TPSA) is 116 Å². The first-order chi connectivity index (χ1) is 19.4. The van der Waals surface area contributed by atoms with Crippen molar-refractivity contribution in [3.63, 3.8) is 0 Å². The van der Waals surface area contributed by atoms with Crippen molar-refractivity contribution in [3.05, 3.63) is 12.2 Å². The van der Waals surface area contributed by atoms with Gasteiger partial charge in [0.15, 0.2) is 0 Å². The number of nitrogens with two attached hydrogens (primary N) is 1. The highest BCUT2D eigenvalue weighted by Gasteiger charge is 2.39. The monoisotopic (exact) mass is 569 g/mol. The van der Waals surface area contributed by atoms with Crippen molar-refractivity contribution in [2.24, 2.45) is 5.73 Å². The molecule has 0 aliphatic rings. The number of nitrogens with one attached hydrogen (secondary N) is 1. The molecular weight excluding hydrogens is 500 g/mol.